The Morgan fingerprint density at radius 1 is 1.60 bits per heavy atom. The van der Waals surface area contributed by atoms with Gasteiger partial charge in [0.1, 0.15) is 0 Å². The number of fused-ring (bicyclic) bond motifs is 1. The van der Waals surface area contributed by atoms with E-state index in [1.165, 1.54) is 18.3 Å². The molecule has 0 radical (unpaired) electrons. The summed E-state index contributed by atoms with van der Waals surface area (Å²) in [5, 5.41) is 15.3. The Kier molecular flexibility index (Phi) is 1.87. The number of nitro groups is 1. The molecule has 0 aliphatic rings. The summed E-state index contributed by atoms with van der Waals surface area (Å²) in [4.78, 5) is 13.2. The van der Waals surface area contributed by atoms with Crippen molar-refractivity contribution in [2.45, 2.75) is 0 Å². The molecule has 2 aromatic rings. The molecule has 0 fully saturated rings. The van der Waals surface area contributed by atoms with E-state index in [1.807, 2.05) is 0 Å². The van der Waals surface area contributed by atoms with E-state index in [4.69, 9.17) is 6.57 Å². The second-order valence-electron chi connectivity index (χ2n) is 3.04. The quantitative estimate of drug-likeness (QED) is 0.403. The first-order valence-corrected chi connectivity index (χ1v) is 4.11. The standard InChI is InChI=1S/C9H6N4O2/c1-10-7-4-8-6(5-11-12(8)2)3-9(7)13(14)15/h3-5H,2H3. The molecule has 0 bridgehead atoms. The van der Waals surface area contributed by atoms with E-state index in [0.29, 0.717) is 10.9 Å². The zero-order valence-corrected chi connectivity index (χ0v) is 7.84. The van der Waals surface area contributed by atoms with Gasteiger partial charge >= 0.3 is 0 Å². The number of benzene rings is 1. The van der Waals surface area contributed by atoms with Gasteiger partial charge in [-0.05, 0) is 6.07 Å². The Balaban J connectivity index is 2.84. The van der Waals surface area contributed by atoms with Crippen molar-refractivity contribution in [2.75, 3.05) is 0 Å². The van der Waals surface area contributed by atoms with Crippen LogP contribution < -0.4 is 0 Å². The molecule has 0 N–H and O–H groups in total. The number of aryl methyl sites for hydroxylation is 1. The second-order valence-corrected chi connectivity index (χ2v) is 3.04. The van der Waals surface area contributed by atoms with E-state index >= 15 is 0 Å². The van der Waals surface area contributed by atoms with E-state index < -0.39 is 4.92 Å². The van der Waals surface area contributed by atoms with Crippen LogP contribution in [0.2, 0.25) is 0 Å². The topological polar surface area (TPSA) is 65.3 Å². The van der Waals surface area contributed by atoms with E-state index in [0.717, 1.165) is 0 Å². The number of hydrogen-bond donors (Lipinski definition) is 0. The molecule has 2 rings (SSSR count). The molecule has 74 valence electrons. The molecule has 0 saturated heterocycles. The number of hydrogen-bond acceptors (Lipinski definition) is 3. The molecule has 0 saturated carbocycles. The van der Waals surface area contributed by atoms with Crippen LogP contribution in [0.5, 0.6) is 0 Å². The van der Waals surface area contributed by atoms with E-state index in [2.05, 4.69) is 9.94 Å². The first kappa shape index (κ1) is 9.15. The Morgan fingerprint density at radius 3 is 2.93 bits per heavy atom. The predicted octanol–water partition coefficient (Wildman–Crippen LogP) is 2.03. The maximum atomic E-state index is 10.7. The largest absolute Gasteiger partial charge is 0.279 e. The molecule has 0 spiro atoms. The lowest BCUT2D eigenvalue weighted by Gasteiger charge is -1.97. The van der Waals surface area contributed by atoms with Crippen LogP contribution in [0.25, 0.3) is 15.7 Å². The van der Waals surface area contributed by atoms with Crippen LogP contribution in [0.1, 0.15) is 0 Å². The molecule has 0 aliphatic carbocycles. The lowest BCUT2D eigenvalue weighted by Crippen LogP contribution is -1.90. The zero-order valence-electron chi connectivity index (χ0n) is 7.84. The van der Waals surface area contributed by atoms with Gasteiger partial charge in [-0.15, -0.1) is 0 Å². The van der Waals surface area contributed by atoms with Gasteiger partial charge in [-0.1, -0.05) is 0 Å². The highest BCUT2D eigenvalue weighted by molar-refractivity contribution is 5.87. The summed E-state index contributed by atoms with van der Waals surface area (Å²) in [7, 11) is 1.72. The fraction of sp³-hybridized carbons (Fsp3) is 0.111. The minimum atomic E-state index is -0.556. The van der Waals surface area contributed by atoms with Gasteiger partial charge in [0.2, 0.25) is 0 Å². The van der Waals surface area contributed by atoms with Gasteiger partial charge < -0.3 is 0 Å². The van der Waals surface area contributed by atoms with Crippen molar-refractivity contribution in [2.24, 2.45) is 7.05 Å². The maximum absolute atomic E-state index is 10.7. The maximum Gasteiger partial charge on any atom is 0.279 e. The lowest BCUT2D eigenvalue weighted by atomic mass is 10.2. The first-order chi connectivity index (χ1) is 7.13. The van der Waals surface area contributed by atoms with Crippen LogP contribution in [-0.4, -0.2) is 14.7 Å². The molecule has 0 unspecified atom stereocenters. The Labute approximate surface area is 84.7 Å². The molecular weight excluding hydrogens is 196 g/mol. The Hall–Kier alpha value is -2.42. The highest BCUT2D eigenvalue weighted by Gasteiger charge is 2.16. The third kappa shape index (κ3) is 1.30. The van der Waals surface area contributed by atoms with E-state index in [9.17, 15) is 10.1 Å². The van der Waals surface area contributed by atoms with Crippen LogP contribution in [0.15, 0.2) is 18.3 Å². The lowest BCUT2D eigenvalue weighted by molar-refractivity contribution is -0.383. The summed E-state index contributed by atoms with van der Waals surface area (Å²) in [5.41, 5.74) is 0.577. The van der Waals surface area contributed by atoms with Crippen molar-refractivity contribution in [1.82, 2.24) is 9.78 Å². The summed E-state index contributed by atoms with van der Waals surface area (Å²) in [6.07, 6.45) is 1.54. The molecule has 0 amide bonds. The molecular formula is C9H6N4O2. The molecule has 6 heteroatoms. The number of nitro benzene ring substituents is 1. The average Bonchev–Trinajstić information content (AvgIpc) is 2.58. The monoisotopic (exact) mass is 202 g/mol. The SMILES string of the molecule is [C-]#[N+]c1cc2c(cnn2C)cc1[N+](=O)[O-]. The van der Waals surface area contributed by atoms with Gasteiger partial charge in [0.25, 0.3) is 11.4 Å². The van der Waals surface area contributed by atoms with Crippen molar-refractivity contribution in [3.63, 3.8) is 0 Å². The van der Waals surface area contributed by atoms with Gasteiger partial charge in [-0.3, -0.25) is 14.8 Å². The van der Waals surface area contributed by atoms with Gasteiger partial charge in [0.15, 0.2) is 0 Å². The van der Waals surface area contributed by atoms with E-state index in [-0.39, 0.29) is 11.4 Å². The number of nitrogens with zero attached hydrogens (tertiary/aromatic N) is 4. The van der Waals surface area contributed by atoms with Crippen LogP contribution in [0, 0.1) is 16.7 Å². The number of aromatic nitrogens is 2. The average molecular weight is 202 g/mol. The molecule has 6 nitrogen and oxygen atoms in total. The summed E-state index contributed by atoms with van der Waals surface area (Å²) in [6, 6.07) is 2.85. The van der Waals surface area contributed by atoms with Crippen molar-refractivity contribution < 1.29 is 4.92 Å². The van der Waals surface area contributed by atoms with Gasteiger partial charge in [-0.25, -0.2) is 4.85 Å². The third-order valence-electron chi connectivity index (χ3n) is 2.16. The van der Waals surface area contributed by atoms with Crippen LogP contribution >= 0.6 is 0 Å². The van der Waals surface area contributed by atoms with Crippen molar-refractivity contribution >= 4 is 22.3 Å². The minimum absolute atomic E-state index is 0.0381. The predicted molar refractivity (Wildman–Crippen MR) is 53.6 cm³/mol. The van der Waals surface area contributed by atoms with Gasteiger partial charge in [-0.2, -0.15) is 5.10 Å². The Morgan fingerprint density at radius 2 is 2.33 bits per heavy atom. The highest BCUT2D eigenvalue weighted by atomic mass is 16.6. The van der Waals surface area contributed by atoms with E-state index in [1.54, 1.807) is 11.7 Å². The molecule has 0 aliphatic heterocycles. The smallest absolute Gasteiger partial charge is 0.269 e. The summed E-state index contributed by atoms with van der Waals surface area (Å²) < 4.78 is 1.58. The van der Waals surface area contributed by atoms with Crippen molar-refractivity contribution in [3.8, 4) is 0 Å². The fourth-order valence-corrected chi connectivity index (χ4v) is 1.41. The zero-order chi connectivity index (χ0) is 11.0. The molecule has 0 atom stereocenters. The summed E-state index contributed by atoms with van der Waals surface area (Å²) >= 11 is 0. The molecule has 1 aromatic heterocycles. The Bertz CT molecular complexity index is 594. The highest BCUT2D eigenvalue weighted by Crippen LogP contribution is 2.31. The summed E-state index contributed by atoms with van der Waals surface area (Å²) in [6.45, 7) is 6.87. The number of rotatable bonds is 1. The molecule has 1 heterocycles. The van der Waals surface area contributed by atoms with Crippen molar-refractivity contribution in [3.05, 3.63) is 39.9 Å². The van der Waals surface area contributed by atoms with Gasteiger partial charge in [0, 0.05) is 18.5 Å². The second kappa shape index (κ2) is 3.06. The van der Waals surface area contributed by atoms with Gasteiger partial charge in [0.05, 0.1) is 23.2 Å². The third-order valence-corrected chi connectivity index (χ3v) is 2.16. The van der Waals surface area contributed by atoms with Crippen LogP contribution in [0.4, 0.5) is 11.4 Å². The van der Waals surface area contributed by atoms with Crippen LogP contribution in [0.3, 0.4) is 0 Å². The van der Waals surface area contributed by atoms with Crippen molar-refractivity contribution in [1.29, 1.82) is 0 Å². The molecule has 1 aromatic carbocycles. The van der Waals surface area contributed by atoms with Crippen LogP contribution in [-0.2, 0) is 7.05 Å². The molecule has 15 heavy (non-hydrogen) atoms. The first-order valence-electron chi connectivity index (χ1n) is 4.11. The normalized spacial score (nSPS) is 10.1. The minimum Gasteiger partial charge on any atom is -0.269 e. The summed E-state index contributed by atoms with van der Waals surface area (Å²) in [5.74, 6) is 0. The fourth-order valence-electron chi connectivity index (χ4n) is 1.41.